The number of nitrogens with one attached hydrogen (secondary N) is 3. The number of anilines is 3. The van der Waals surface area contributed by atoms with Crippen LogP contribution in [0.5, 0.6) is 5.75 Å². The normalized spacial score (nSPS) is 15.4. The molecule has 1 heterocycles. The molecule has 3 rings (SSSR count). The van der Waals surface area contributed by atoms with Crippen molar-refractivity contribution in [1.29, 1.82) is 0 Å². The summed E-state index contributed by atoms with van der Waals surface area (Å²) in [7, 11) is 0. The molecule has 7 heteroatoms. The molecule has 0 aliphatic carbocycles. The summed E-state index contributed by atoms with van der Waals surface area (Å²) < 4.78 is 5.52. The minimum atomic E-state index is -0.584. The number of carbonyl (C=O) groups is 3. The quantitative estimate of drug-likeness (QED) is 0.801. The van der Waals surface area contributed by atoms with Crippen LogP contribution in [-0.2, 0) is 9.59 Å². The van der Waals surface area contributed by atoms with Crippen molar-refractivity contribution in [2.45, 2.75) is 20.0 Å². The van der Waals surface area contributed by atoms with Crippen LogP contribution in [0, 0.1) is 0 Å². The van der Waals surface area contributed by atoms with E-state index in [0.29, 0.717) is 28.4 Å². The minimum absolute atomic E-state index is 0.182. The van der Waals surface area contributed by atoms with Gasteiger partial charge in [-0.25, -0.2) is 0 Å². The number of benzene rings is 2. The van der Waals surface area contributed by atoms with Crippen molar-refractivity contribution in [3.05, 3.63) is 48.0 Å². The number of hydrogen-bond acceptors (Lipinski definition) is 4. The maximum Gasteiger partial charge on any atom is 0.265 e. The molecule has 25 heavy (non-hydrogen) atoms. The van der Waals surface area contributed by atoms with Gasteiger partial charge in [0.2, 0.25) is 5.91 Å². The fourth-order valence-corrected chi connectivity index (χ4v) is 2.43. The Morgan fingerprint density at radius 3 is 2.48 bits per heavy atom. The summed E-state index contributed by atoms with van der Waals surface area (Å²) in [4.78, 5) is 35.3. The smallest absolute Gasteiger partial charge is 0.265 e. The van der Waals surface area contributed by atoms with Gasteiger partial charge in [-0.3, -0.25) is 14.4 Å². The molecule has 1 atom stereocenters. The zero-order valence-corrected chi connectivity index (χ0v) is 13.8. The Bertz CT molecular complexity index is 846. The zero-order valence-electron chi connectivity index (χ0n) is 13.8. The minimum Gasteiger partial charge on any atom is -0.479 e. The second-order valence-electron chi connectivity index (χ2n) is 5.64. The lowest BCUT2D eigenvalue weighted by Gasteiger charge is -2.25. The highest BCUT2D eigenvalue weighted by Crippen LogP contribution is 2.36. The number of hydrogen-bond donors (Lipinski definition) is 3. The molecule has 2 aromatic carbocycles. The van der Waals surface area contributed by atoms with E-state index in [9.17, 15) is 14.4 Å². The van der Waals surface area contributed by atoms with Gasteiger partial charge in [-0.1, -0.05) is 6.07 Å². The van der Waals surface area contributed by atoms with Crippen molar-refractivity contribution in [2.75, 3.05) is 16.0 Å². The average molecular weight is 339 g/mol. The first-order valence-corrected chi connectivity index (χ1v) is 7.73. The van der Waals surface area contributed by atoms with Gasteiger partial charge >= 0.3 is 0 Å². The van der Waals surface area contributed by atoms with Crippen molar-refractivity contribution in [1.82, 2.24) is 0 Å². The van der Waals surface area contributed by atoms with E-state index in [2.05, 4.69) is 16.0 Å². The fraction of sp³-hybridized carbons (Fsp3) is 0.167. The summed E-state index contributed by atoms with van der Waals surface area (Å²) in [5.74, 6) is -0.284. The van der Waals surface area contributed by atoms with Crippen LogP contribution in [0.25, 0.3) is 0 Å². The monoisotopic (exact) mass is 339 g/mol. The highest BCUT2D eigenvalue weighted by atomic mass is 16.5. The molecular weight excluding hydrogens is 322 g/mol. The molecule has 0 saturated carbocycles. The molecule has 0 bridgehead atoms. The molecule has 3 N–H and O–H groups in total. The number of carbonyl (C=O) groups excluding carboxylic acids is 3. The summed E-state index contributed by atoms with van der Waals surface area (Å²) in [6, 6.07) is 11.6. The van der Waals surface area contributed by atoms with Gasteiger partial charge in [0.05, 0.1) is 5.69 Å². The van der Waals surface area contributed by atoms with Crippen LogP contribution in [0.15, 0.2) is 42.5 Å². The summed E-state index contributed by atoms with van der Waals surface area (Å²) in [5.41, 5.74) is 1.92. The molecule has 0 spiro atoms. The number of fused-ring (bicyclic) bond motifs is 1. The average Bonchev–Trinajstić information content (AvgIpc) is 2.56. The maximum atomic E-state index is 12.4. The van der Waals surface area contributed by atoms with E-state index in [1.165, 1.54) is 6.92 Å². The van der Waals surface area contributed by atoms with Crippen molar-refractivity contribution < 1.29 is 19.1 Å². The van der Waals surface area contributed by atoms with Crippen LogP contribution in [0.2, 0.25) is 0 Å². The second kappa shape index (κ2) is 6.64. The molecule has 1 aliphatic rings. The van der Waals surface area contributed by atoms with Crippen LogP contribution in [0.4, 0.5) is 17.1 Å². The van der Waals surface area contributed by atoms with E-state index in [-0.39, 0.29) is 17.7 Å². The molecule has 3 amide bonds. The Kier molecular flexibility index (Phi) is 4.38. The molecular formula is C18H17N3O4. The van der Waals surface area contributed by atoms with Crippen molar-refractivity contribution in [2.24, 2.45) is 0 Å². The molecule has 1 unspecified atom stereocenters. The summed E-state index contributed by atoms with van der Waals surface area (Å²) in [6.07, 6.45) is -0.584. The second-order valence-corrected chi connectivity index (χ2v) is 5.64. The molecule has 7 nitrogen and oxygen atoms in total. The van der Waals surface area contributed by atoms with E-state index in [1.807, 2.05) is 0 Å². The first-order valence-electron chi connectivity index (χ1n) is 7.73. The Morgan fingerprint density at radius 2 is 1.80 bits per heavy atom. The number of amides is 3. The van der Waals surface area contributed by atoms with E-state index >= 15 is 0 Å². The van der Waals surface area contributed by atoms with Crippen molar-refractivity contribution >= 4 is 34.8 Å². The SMILES string of the molecule is CC(=O)Nc1ccc(C(=O)Nc2cccc3c2NC(=O)C(C)O3)cc1. The molecule has 0 radical (unpaired) electrons. The van der Waals surface area contributed by atoms with Gasteiger partial charge in [0.1, 0.15) is 11.4 Å². The first-order chi connectivity index (χ1) is 11.9. The van der Waals surface area contributed by atoms with E-state index in [4.69, 9.17) is 4.74 Å². The van der Waals surface area contributed by atoms with Gasteiger partial charge < -0.3 is 20.7 Å². The third kappa shape index (κ3) is 3.60. The summed E-state index contributed by atoms with van der Waals surface area (Å²) >= 11 is 0. The van der Waals surface area contributed by atoms with Gasteiger partial charge in [0.15, 0.2) is 6.10 Å². The summed E-state index contributed by atoms with van der Waals surface area (Å²) in [6.45, 7) is 3.07. The molecule has 1 aliphatic heterocycles. The Morgan fingerprint density at radius 1 is 1.08 bits per heavy atom. The lowest BCUT2D eigenvalue weighted by molar-refractivity contribution is -0.122. The van der Waals surface area contributed by atoms with Gasteiger partial charge in [-0.2, -0.15) is 0 Å². The molecule has 0 saturated heterocycles. The molecule has 0 fully saturated rings. The van der Waals surface area contributed by atoms with E-state index in [1.54, 1.807) is 49.4 Å². The predicted molar refractivity (Wildman–Crippen MR) is 93.9 cm³/mol. The van der Waals surface area contributed by atoms with E-state index in [0.717, 1.165) is 0 Å². The standard InChI is InChI=1S/C18H17N3O4/c1-10-17(23)21-16-14(4-3-5-15(16)25-10)20-18(24)12-6-8-13(9-7-12)19-11(2)22/h3-10H,1-2H3,(H,19,22)(H,20,24)(H,21,23). The van der Waals surface area contributed by atoms with Gasteiger partial charge in [-0.15, -0.1) is 0 Å². The number of para-hydroxylation sites is 1. The third-order valence-corrected chi connectivity index (χ3v) is 3.66. The van der Waals surface area contributed by atoms with Crippen molar-refractivity contribution in [3.8, 4) is 5.75 Å². The first kappa shape index (κ1) is 16.5. The lowest BCUT2D eigenvalue weighted by atomic mass is 10.1. The Balaban J connectivity index is 1.79. The fourth-order valence-electron chi connectivity index (χ4n) is 2.43. The van der Waals surface area contributed by atoms with Crippen LogP contribution in [0.1, 0.15) is 24.2 Å². The number of rotatable bonds is 3. The predicted octanol–water partition coefficient (Wildman–Crippen LogP) is 2.62. The largest absolute Gasteiger partial charge is 0.479 e. The zero-order chi connectivity index (χ0) is 18.0. The molecule has 128 valence electrons. The maximum absolute atomic E-state index is 12.4. The lowest BCUT2D eigenvalue weighted by Crippen LogP contribution is -2.34. The Hall–Kier alpha value is -3.35. The number of ether oxygens (including phenoxy) is 1. The highest BCUT2D eigenvalue weighted by molar-refractivity contribution is 6.09. The van der Waals surface area contributed by atoms with Crippen molar-refractivity contribution in [3.63, 3.8) is 0 Å². The van der Waals surface area contributed by atoms with Crippen LogP contribution < -0.4 is 20.7 Å². The Labute approximate surface area is 144 Å². The highest BCUT2D eigenvalue weighted by Gasteiger charge is 2.26. The molecule has 2 aromatic rings. The van der Waals surface area contributed by atoms with Crippen LogP contribution >= 0.6 is 0 Å². The third-order valence-electron chi connectivity index (χ3n) is 3.66. The topological polar surface area (TPSA) is 96.5 Å². The van der Waals surface area contributed by atoms with Crippen LogP contribution in [-0.4, -0.2) is 23.8 Å². The van der Waals surface area contributed by atoms with Crippen LogP contribution in [0.3, 0.4) is 0 Å². The van der Waals surface area contributed by atoms with E-state index < -0.39 is 6.10 Å². The van der Waals surface area contributed by atoms with Gasteiger partial charge in [-0.05, 0) is 43.3 Å². The summed E-state index contributed by atoms with van der Waals surface area (Å²) in [5, 5.41) is 8.14. The van der Waals surface area contributed by atoms with Gasteiger partial charge in [0, 0.05) is 18.2 Å². The van der Waals surface area contributed by atoms with Gasteiger partial charge in [0.25, 0.3) is 11.8 Å². The molecule has 0 aromatic heterocycles.